The molecule has 0 N–H and O–H groups in total. The maximum atomic E-state index is 2.55. The molecule has 3 fully saturated rings. The van der Waals surface area contributed by atoms with E-state index in [1.807, 2.05) is 0 Å². The van der Waals surface area contributed by atoms with E-state index in [9.17, 15) is 0 Å². The molecular formula is C30H46FeP2. The van der Waals surface area contributed by atoms with Crippen LogP contribution in [0.3, 0.4) is 0 Å². The molecule has 4 atom stereocenters. The molecule has 5 rings (SSSR count). The molecule has 0 aromatic heterocycles. The molecule has 1 aliphatic heterocycles. The Morgan fingerprint density at radius 1 is 0.606 bits per heavy atom. The first kappa shape index (κ1) is 30.8. The summed E-state index contributed by atoms with van der Waals surface area (Å²) in [6, 6.07) is 22.9. The Labute approximate surface area is 219 Å². The molecule has 2 unspecified atom stereocenters. The van der Waals surface area contributed by atoms with Gasteiger partial charge >= 0.3 is 17.1 Å². The van der Waals surface area contributed by atoms with Crippen LogP contribution >= 0.6 is 15.8 Å². The third-order valence-electron chi connectivity index (χ3n) is 7.50. The minimum absolute atomic E-state index is 0. The van der Waals surface area contributed by atoms with Gasteiger partial charge in [0.2, 0.25) is 0 Å². The van der Waals surface area contributed by atoms with E-state index >= 15 is 0 Å². The molecule has 184 valence electrons. The molecular weight excluding hydrogens is 478 g/mol. The summed E-state index contributed by atoms with van der Waals surface area (Å²) >= 11 is 0. The SMILES string of the molecule is C1CCCC1.C[C@@H]1CC[C@@H](C)P1C1CCCC1P(c1ccccc1)c1ccccc1.[CH3-].[CH3-].[Fe+2]. The quantitative estimate of drug-likeness (QED) is 0.213. The zero-order valence-electron chi connectivity index (χ0n) is 21.4. The van der Waals surface area contributed by atoms with Crippen LogP contribution in [0.2, 0.25) is 0 Å². The second-order valence-corrected chi connectivity index (χ2v) is 15.4. The summed E-state index contributed by atoms with van der Waals surface area (Å²) in [6.07, 6.45) is 14.8. The summed E-state index contributed by atoms with van der Waals surface area (Å²) in [6.45, 7) is 5.11. The average Bonchev–Trinajstić information content (AvgIpc) is 3.55. The molecule has 2 saturated carbocycles. The van der Waals surface area contributed by atoms with Crippen LogP contribution in [-0.4, -0.2) is 22.6 Å². The molecule has 1 saturated heterocycles. The minimum Gasteiger partial charge on any atom is -0.358 e. The zero-order valence-corrected chi connectivity index (χ0v) is 24.3. The zero-order chi connectivity index (χ0) is 20.8. The first-order valence-electron chi connectivity index (χ1n) is 12.4. The summed E-state index contributed by atoms with van der Waals surface area (Å²) < 4.78 is 0. The van der Waals surface area contributed by atoms with Gasteiger partial charge < -0.3 is 14.9 Å². The number of hydrogen-bond donors (Lipinski definition) is 0. The van der Waals surface area contributed by atoms with Gasteiger partial charge in [0.05, 0.1) is 0 Å². The van der Waals surface area contributed by atoms with Gasteiger partial charge in [-0.25, -0.2) is 0 Å². The topological polar surface area (TPSA) is 0 Å². The van der Waals surface area contributed by atoms with Gasteiger partial charge in [0.25, 0.3) is 0 Å². The molecule has 2 aliphatic carbocycles. The molecule has 33 heavy (non-hydrogen) atoms. The molecule has 2 aromatic rings. The van der Waals surface area contributed by atoms with E-state index in [4.69, 9.17) is 0 Å². The molecule has 0 radical (unpaired) electrons. The Hall–Kier alpha value is -0.181. The van der Waals surface area contributed by atoms with E-state index in [0.29, 0.717) is 0 Å². The average molecular weight is 524 g/mol. The Bertz CT molecular complexity index is 689. The maximum Gasteiger partial charge on any atom is 2.00 e. The van der Waals surface area contributed by atoms with Crippen LogP contribution < -0.4 is 10.6 Å². The fourth-order valence-corrected chi connectivity index (χ4v) is 14.0. The first-order valence-corrected chi connectivity index (χ1v) is 15.4. The number of rotatable bonds is 4. The number of benzene rings is 2. The summed E-state index contributed by atoms with van der Waals surface area (Å²) in [5.74, 6) is 0. The van der Waals surface area contributed by atoms with Crippen molar-refractivity contribution >= 4 is 26.5 Å². The van der Waals surface area contributed by atoms with Crippen molar-refractivity contribution in [3.63, 3.8) is 0 Å². The van der Waals surface area contributed by atoms with Gasteiger partial charge in [-0.2, -0.15) is 0 Å². The predicted molar refractivity (Wildman–Crippen MR) is 151 cm³/mol. The fourth-order valence-electron chi connectivity index (χ4n) is 6.03. The van der Waals surface area contributed by atoms with Crippen molar-refractivity contribution in [3.05, 3.63) is 75.5 Å². The molecule has 0 nitrogen and oxygen atoms in total. The molecule has 0 amide bonds. The van der Waals surface area contributed by atoms with Crippen molar-refractivity contribution in [2.75, 3.05) is 0 Å². The summed E-state index contributed by atoms with van der Waals surface area (Å²) in [4.78, 5) is 0. The van der Waals surface area contributed by atoms with Gasteiger partial charge in [-0.15, -0.1) is 0 Å². The van der Waals surface area contributed by atoms with Crippen molar-refractivity contribution in [2.45, 2.75) is 101 Å². The van der Waals surface area contributed by atoms with Crippen LogP contribution in [0.1, 0.15) is 78.1 Å². The van der Waals surface area contributed by atoms with E-state index in [1.54, 1.807) is 10.6 Å². The molecule has 3 heteroatoms. The van der Waals surface area contributed by atoms with Crippen LogP contribution in [-0.2, 0) is 17.1 Å². The van der Waals surface area contributed by atoms with E-state index in [-0.39, 0.29) is 47.8 Å². The van der Waals surface area contributed by atoms with Crippen molar-refractivity contribution in [1.82, 2.24) is 0 Å². The van der Waals surface area contributed by atoms with Crippen LogP contribution in [0.4, 0.5) is 0 Å². The standard InChI is InChI=1S/C23H30P2.C5H10.2CH3.Fe/c1-18-16-17-19(2)24(18)22-14-9-15-23(22)25(20-10-5-3-6-11-20)21-12-7-4-8-13-21;1-2-4-5-3-1;;;/h3-8,10-13,18-19,22-23H,9,14-17H2,1-2H3;1-5H2;2*1H3;/q;;2*-1;+2/t18-,19-,22?,23?;;;;/m1..../s1. The van der Waals surface area contributed by atoms with Gasteiger partial charge in [-0.05, 0) is 66.8 Å². The van der Waals surface area contributed by atoms with E-state index in [0.717, 1.165) is 22.6 Å². The minimum atomic E-state index is -0.229. The third kappa shape index (κ3) is 7.91. The second kappa shape index (κ2) is 15.7. The van der Waals surface area contributed by atoms with Crippen LogP contribution in [0.15, 0.2) is 60.7 Å². The Morgan fingerprint density at radius 2 is 1.03 bits per heavy atom. The fraction of sp³-hybridized carbons (Fsp3) is 0.533. The molecule has 0 spiro atoms. The molecule has 0 bridgehead atoms. The van der Waals surface area contributed by atoms with Crippen LogP contribution in [0.25, 0.3) is 0 Å². The molecule has 1 heterocycles. The Morgan fingerprint density at radius 3 is 1.45 bits per heavy atom. The van der Waals surface area contributed by atoms with E-state index < -0.39 is 0 Å². The monoisotopic (exact) mass is 524 g/mol. The summed E-state index contributed by atoms with van der Waals surface area (Å²) in [5, 5.41) is 3.19. The largest absolute Gasteiger partial charge is 2.00 e. The van der Waals surface area contributed by atoms with Crippen molar-refractivity contribution in [1.29, 1.82) is 0 Å². The van der Waals surface area contributed by atoms with Gasteiger partial charge in [0, 0.05) is 0 Å². The normalized spacial score (nSPS) is 26.5. The van der Waals surface area contributed by atoms with Gasteiger partial charge in [0.15, 0.2) is 0 Å². The Kier molecular flexibility index (Phi) is 14.7. The van der Waals surface area contributed by atoms with Crippen molar-refractivity contribution in [3.8, 4) is 0 Å². The smallest absolute Gasteiger partial charge is 0.358 e. The van der Waals surface area contributed by atoms with Gasteiger partial charge in [-0.1, -0.05) is 121 Å². The van der Waals surface area contributed by atoms with Gasteiger partial charge in [-0.3, -0.25) is 0 Å². The maximum absolute atomic E-state index is 2.55. The van der Waals surface area contributed by atoms with Crippen molar-refractivity contribution in [2.24, 2.45) is 0 Å². The third-order valence-corrected chi connectivity index (χ3v) is 14.7. The predicted octanol–water partition coefficient (Wildman–Crippen LogP) is 8.94. The first-order chi connectivity index (χ1) is 14.8. The van der Waals surface area contributed by atoms with Crippen LogP contribution in [0.5, 0.6) is 0 Å². The van der Waals surface area contributed by atoms with Crippen LogP contribution in [0, 0.1) is 14.9 Å². The number of hydrogen-bond acceptors (Lipinski definition) is 0. The second-order valence-electron chi connectivity index (χ2n) is 9.60. The van der Waals surface area contributed by atoms with E-state index in [2.05, 4.69) is 74.5 Å². The molecule has 2 aromatic carbocycles. The Balaban J connectivity index is 0.000000607. The molecule has 3 aliphatic rings. The van der Waals surface area contributed by atoms with Crippen molar-refractivity contribution < 1.29 is 17.1 Å². The van der Waals surface area contributed by atoms with E-state index in [1.165, 1.54) is 64.2 Å². The summed E-state index contributed by atoms with van der Waals surface area (Å²) in [5.41, 5.74) is 3.86. The summed E-state index contributed by atoms with van der Waals surface area (Å²) in [7, 11) is -0.0343. The van der Waals surface area contributed by atoms with Gasteiger partial charge in [0.1, 0.15) is 0 Å².